The van der Waals surface area contributed by atoms with Gasteiger partial charge in [0.25, 0.3) is 3.79 Å². The number of ether oxygens (including phenoxy) is 7. The van der Waals surface area contributed by atoms with Crippen molar-refractivity contribution in [2.75, 3.05) is 13.2 Å². The number of hydrogen-bond donors (Lipinski definition) is 11. The normalized spacial score (nSPS) is 42.8. The van der Waals surface area contributed by atoms with Gasteiger partial charge in [0.05, 0.1) is 55.8 Å². The molecule has 21 nitrogen and oxygen atoms in total. The maximum absolute atomic E-state index is 11.3. The van der Waals surface area contributed by atoms with E-state index in [4.69, 9.17) is 73.4 Å². The van der Waals surface area contributed by atoms with Crippen LogP contribution < -0.4 is 0 Å². The second-order valence-electron chi connectivity index (χ2n) is 13.5. The summed E-state index contributed by atoms with van der Waals surface area (Å²) in [7, 11) is 0. The Morgan fingerprint density at radius 2 is 1.27 bits per heavy atom. The van der Waals surface area contributed by atoms with Crippen molar-refractivity contribution in [2.24, 2.45) is 17.0 Å². The summed E-state index contributed by atoms with van der Waals surface area (Å²) >= 11 is 17.3. The summed E-state index contributed by atoms with van der Waals surface area (Å²) in [6.45, 7) is 1.11. The largest absolute Gasteiger partial charge is 0.448 e. The van der Waals surface area contributed by atoms with Gasteiger partial charge in [-0.15, -0.1) is 0 Å². The molecule has 9 unspecified atom stereocenters. The number of aliphatic hydroxyl groups is 10. The minimum absolute atomic E-state index is 0. The van der Waals surface area contributed by atoms with E-state index in [-0.39, 0.29) is 447 Å². The minimum atomic E-state index is -2.44. The molecule has 328 valence electrons. The molecule has 5 rings (SSSR count). The van der Waals surface area contributed by atoms with Crippen molar-refractivity contribution in [3.8, 4) is 0 Å². The molecule has 5 aliphatic rings. The van der Waals surface area contributed by atoms with Gasteiger partial charge in [-0.25, -0.2) is 0 Å². The summed E-state index contributed by atoms with van der Waals surface area (Å²) in [6.07, 6.45) is -27.7. The van der Waals surface area contributed by atoms with E-state index >= 15 is 0 Å². The van der Waals surface area contributed by atoms with Gasteiger partial charge in [0.1, 0.15) is 61.0 Å². The number of halogens is 3. The van der Waals surface area contributed by atoms with E-state index in [1.165, 1.54) is 13.8 Å². The average molecular weight is 3080 g/mol. The number of azide groups is 1. The monoisotopic (exact) mass is 3080 g/mol. The van der Waals surface area contributed by atoms with Gasteiger partial charge in [0, 0.05) is 458 Å². The van der Waals surface area contributed by atoms with E-state index < -0.39 is 151 Å². The summed E-state index contributed by atoms with van der Waals surface area (Å²) in [5.41, 5.74) is 9.43. The standard InChI is InChI=1S/C28H43Cl3N4O17.10Ac/c1-6-9(3-8(38)16(41)14(6)39)47-22-19(44)17(42)11(5-37)49-25(22)52-27(23-20(45)18(43)15(40)7(2)46-23)12-10(4-36)48-24(50-26(32)28(29,30)31)13(34-35-33)21(12)51-27;;;;;;;;;;/h6-25,32,36-45H,3-5H2,1-2H3;;;;;;;;;;/t6?,7?,8?,9-,10?,11?,12-,13?,14-,15-,16+,17+,18?,19+,20-,21+,22-,23-,24?,25+,27?;;;;;;;;;;/m1........../s1. The number of aliphatic hydroxyl groups excluding tert-OH is 10. The van der Waals surface area contributed by atoms with Crippen molar-refractivity contribution in [3.05, 3.63) is 10.4 Å². The molecule has 4 heterocycles. The van der Waals surface area contributed by atoms with Crippen LogP contribution in [0.3, 0.4) is 0 Å². The Labute approximate surface area is 731 Å². The van der Waals surface area contributed by atoms with Crippen LogP contribution in [-0.2, 0) is 33.2 Å². The summed E-state index contributed by atoms with van der Waals surface area (Å²) < 4.78 is 39.4. The van der Waals surface area contributed by atoms with Gasteiger partial charge in [-0.05, 0) is 12.5 Å². The van der Waals surface area contributed by atoms with Gasteiger partial charge in [-0.2, -0.15) is 0 Å². The van der Waals surface area contributed by atoms with Crippen LogP contribution >= 0.6 is 34.8 Å². The molecule has 0 bridgehead atoms. The second kappa shape index (κ2) is 39.8. The zero-order valence-corrected chi connectivity index (χ0v) is 83.0. The molecule has 62 heavy (non-hydrogen) atoms. The summed E-state index contributed by atoms with van der Waals surface area (Å²) in [5.74, 6) is -5.63. The van der Waals surface area contributed by atoms with Crippen molar-refractivity contribution in [1.29, 1.82) is 5.41 Å². The molecule has 34 heteroatoms. The van der Waals surface area contributed by atoms with Gasteiger partial charge in [-0.3, -0.25) is 5.41 Å². The molecular formula is C28H43Ac10Cl3N4O17. The molecule has 1 saturated carbocycles. The predicted molar refractivity (Wildman–Crippen MR) is 171 cm³/mol. The first-order valence-corrected chi connectivity index (χ1v) is 17.5. The number of rotatable bonds is 9. The Hall–Kier alpha value is 13.4. The fourth-order valence-corrected chi connectivity index (χ4v) is 7.54. The van der Waals surface area contributed by atoms with Crippen molar-refractivity contribution in [2.45, 2.75) is 140 Å². The number of fused-ring (bicyclic) bond motifs is 1. The Bertz CT molecular complexity index is 1360. The quantitative estimate of drug-likeness (QED) is 0.0269. The minimum Gasteiger partial charge on any atom is -0.448 e. The average Bonchev–Trinajstić information content (AvgIpc) is 3.08. The summed E-state index contributed by atoms with van der Waals surface area (Å²) in [5, 5.41) is 118. The zero-order chi connectivity index (χ0) is 38.6. The first-order chi connectivity index (χ1) is 24.3. The van der Waals surface area contributed by atoms with Crippen LogP contribution in [0.4, 0.5) is 0 Å². The van der Waals surface area contributed by atoms with Gasteiger partial charge in [0.15, 0.2) is 6.29 Å². The van der Waals surface area contributed by atoms with E-state index in [1.807, 2.05) is 0 Å². The Balaban J connectivity index is -0.000000784. The maximum Gasteiger partial charge on any atom is 0.265 e. The molecule has 0 spiro atoms. The van der Waals surface area contributed by atoms with E-state index in [2.05, 4.69) is 10.0 Å². The molecular weight excluding hydrogens is 3040 g/mol. The van der Waals surface area contributed by atoms with E-state index in [9.17, 15) is 56.6 Å². The molecule has 10 radical (unpaired) electrons. The fraction of sp³-hybridized carbons (Fsp3) is 0.964. The van der Waals surface area contributed by atoms with Crippen LogP contribution in [0.15, 0.2) is 5.11 Å². The molecule has 11 N–H and O–H groups in total. The topological polar surface area (TPSA) is 340 Å². The molecule has 1 aliphatic carbocycles. The molecule has 0 aromatic carbocycles. The van der Waals surface area contributed by atoms with Crippen molar-refractivity contribution < 1.29 is 525 Å². The van der Waals surface area contributed by atoms with Crippen LogP contribution in [0, 0.1) is 458 Å². The number of nitrogens with one attached hydrogen (secondary N) is 1. The molecule has 0 amide bonds. The van der Waals surface area contributed by atoms with Crippen molar-refractivity contribution >= 4 is 40.7 Å². The molecule has 21 atom stereocenters. The number of alkyl halides is 3. The zero-order valence-electron chi connectivity index (χ0n) is 33.2. The predicted octanol–water partition coefficient (Wildman–Crippen LogP) is -3.34. The Morgan fingerprint density at radius 1 is 0.742 bits per heavy atom. The van der Waals surface area contributed by atoms with Gasteiger partial charge in [-0.1, -0.05) is 46.8 Å². The smallest absolute Gasteiger partial charge is 0.265 e. The second-order valence-corrected chi connectivity index (χ2v) is 15.8. The third-order valence-electron chi connectivity index (χ3n) is 10.4. The number of hydrogen-bond acceptors (Lipinski definition) is 19. The molecule has 4 aliphatic heterocycles. The molecule has 4 saturated heterocycles. The summed E-state index contributed by atoms with van der Waals surface area (Å²) in [4.78, 5) is 2.78. The first-order valence-electron chi connectivity index (χ1n) is 16.3. The third kappa shape index (κ3) is 20.7. The Kier molecular flexibility index (Phi) is 55.6. The van der Waals surface area contributed by atoms with Gasteiger partial charge in [0.2, 0.25) is 18.0 Å². The first kappa shape index (κ1) is 86.7. The fourth-order valence-electron chi connectivity index (χ4n) is 7.41. The third-order valence-corrected chi connectivity index (χ3v) is 10.9. The molecule has 0 aromatic rings. The number of nitrogens with zero attached hydrogens (tertiary/aromatic N) is 3. The van der Waals surface area contributed by atoms with E-state index in [0.29, 0.717) is 0 Å². The van der Waals surface area contributed by atoms with Crippen LogP contribution in [0.25, 0.3) is 10.4 Å². The van der Waals surface area contributed by atoms with Crippen molar-refractivity contribution in [1.82, 2.24) is 0 Å². The summed E-state index contributed by atoms with van der Waals surface area (Å²) in [6, 6.07) is -1.52. The van der Waals surface area contributed by atoms with Crippen LogP contribution in [0.1, 0.15) is 20.3 Å². The molecule has 5 fully saturated rings. The van der Waals surface area contributed by atoms with Gasteiger partial charge < -0.3 is 84.2 Å². The SMILES string of the molecule is CC1O[C@@H](C2(O[C@@H]3OC(CO)[C@H](O)[C@H](O)[C@H]3O[C@@H]3CC(O)[C@H](O)[C@H](O)C3C)O[C@@H]3C(N=[N+]=[N-])C(OC(=N)C(Cl)(Cl)Cl)OC(CO)[C@H]32)[C@H](O)C(O)[C@@H]1O.[Ac].[Ac].[Ac].[Ac].[Ac].[Ac].[Ac].[Ac].[Ac].[Ac]. The van der Waals surface area contributed by atoms with Crippen LogP contribution in [0.2, 0.25) is 0 Å². The molecule has 0 aromatic heterocycles. The Morgan fingerprint density at radius 3 is 1.77 bits per heavy atom. The van der Waals surface area contributed by atoms with Crippen LogP contribution in [-0.4, -0.2) is 190 Å². The van der Waals surface area contributed by atoms with Gasteiger partial charge >= 0.3 is 0 Å². The van der Waals surface area contributed by atoms with Crippen molar-refractivity contribution in [3.63, 3.8) is 0 Å². The van der Waals surface area contributed by atoms with E-state index in [1.54, 1.807) is 0 Å². The van der Waals surface area contributed by atoms with E-state index in [0.717, 1.165) is 0 Å². The maximum atomic E-state index is 11.3. The van der Waals surface area contributed by atoms with Crippen LogP contribution in [0.5, 0.6) is 0 Å².